The summed E-state index contributed by atoms with van der Waals surface area (Å²) in [5.74, 6) is 2.13. The van der Waals surface area contributed by atoms with Crippen molar-refractivity contribution in [3.63, 3.8) is 0 Å². The zero-order chi connectivity index (χ0) is 14.5. The fourth-order valence-corrected chi connectivity index (χ4v) is 2.90. The quantitative estimate of drug-likeness (QED) is 0.867. The van der Waals surface area contributed by atoms with Crippen molar-refractivity contribution in [2.75, 3.05) is 27.9 Å². The van der Waals surface area contributed by atoms with Crippen molar-refractivity contribution in [3.05, 3.63) is 23.8 Å². The van der Waals surface area contributed by atoms with Gasteiger partial charge in [-0.05, 0) is 44.5 Å². The molecule has 1 N–H and O–H groups in total. The monoisotopic (exact) mass is 279 g/mol. The zero-order valence-corrected chi connectivity index (χ0v) is 12.8. The Balaban J connectivity index is 2.07. The van der Waals surface area contributed by atoms with E-state index in [2.05, 4.69) is 24.4 Å². The van der Waals surface area contributed by atoms with E-state index >= 15 is 0 Å². The number of nitrogens with one attached hydrogen (secondary N) is 1. The molecule has 1 aliphatic rings. The van der Waals surface area contributed by atoms with Crippen LogP contribution in [0.3, 0.4) is 0 Å². The van der Waals surface area contributed by atoms with Crippen LogP contribution < -0.4 is 14.8 Å². The third-order valence-electron chi connectivity index (χ3n) is 4.07. The molecule has 0 aromatic heterocycles. The third-order valence-corrected chi connectivity index (χ3v) is 4.07. The van der Waals surface area contributed by atoms with Gasteiger partial charge in [0.2, 0.25) is 0 Å². The number of benzene rings is 1. The summed E-state index contributed by atoms with van der Waals surface area (Å²) in [6.07, 6.45) is 2.47. The van der Waals surface area contributed by atoms with E-state index in [4.69, 9.17) is 14.2 Å². The number of rotatable bonds is 6. The second kappa shape index (κ2) is 6.95. The van der Waals surface area contributed by atoms with Gasteiger partial charge in [0.25, 0.3) is 0 Å². The predicted octanol–water partition coefficient (Wildman–Crippen LogP) is 2.26. The molecule has 2 rings (SSSR count). The van der Waals surface area contributed by atoms with Crippen molar-refractivity contribution >= 4 is 0 Å². The summed E-state index contributed by atoms with van der Waals surface area (Å²) < 4.78 is 16.3. The van der Waals surface area contributed by atoms with Gasteiger partial charge in [-0.1, -0.05) is 6.07 Å². The van der Waals surface area contributed by atoms with E-state index in [9.17, 15) is 0 Å². The maximum Gasteiger partial charge on any atom is 0.160 e. The van der Waals surface area contributed by atoms with Gasteiger partial charge < -0.3 is 19.5 Å². The van der Waals surface area contributed by atoms with E-state index in [1.54, 1.807) is 14.2 Å². The van der Waals surface area contributed by atoms with Crippen LogP contribution in [0.5, 0.6) is 11.5 Å². The molecular formula is C16H25NO3. The van der Waals surface area contributed by atoms with E-state index in [-0.39, 0.29) is 0 Å². The number of methoxy groups -OCH3 is 2. The second-order valence-electron chi connectivity index (χ2n) is 5.43. The molecule has 1 fully saturated rings. The first-order valence-corrected chi connectivity index (χ1v) is 7.17. The molecule has 0 aliphatic carbocycles. The van der Waals surface area contributed by atoms with E-state index in [1.807, 2.05) is 13.1 Å². The Bertz CT molecular complexity index is 436. The van der Waals surface area contributed by atoms with E-state index in [1.165, 1.54) is 5.56 Å². The maximum atomic E-state index is 5.68. The fraction of sp³-hybridized carbons (Fsp3) is 0.625. The first-order valence-electron chi connectivity index (χ1n) is 7.17. The van der Waals surface area contributed by atoms with E-state index < -0.39 is 0 Å². The average Bonchev–Trinajstić information content (AvgIpc) is 2.90. The zero-order valence-electron chi connectivity index (χ0n) is 12.8. The van der Waals surface area contributed by atoms with Crippen molar-refractivity contribution < 1.29 is 14.2 Å². The Hall–Kier alpha value is -1.26. The molecule has 4 heteroatoms. The Labute approximate surface area is 121 Å². The van der Waals surface area contributed by atoms with Crippen molar-refractivity contribution in [3.8, 4) is 11.5 Å². The van der Waals surface area contributed by atoms with Gasteiger partial charge in [0.05, 0.1) is 26.9 Å². The number of ether oxygens (including phenoxy) is 3. The molecule has 0 bridgehead atoms. The van der Waals surface area contributed by atoms with Crippen molar-refractivity contribution in [1.29, 1.82) is 0 Å². The molecule has 0 saturated carbocycles. The molecule has 1 saturated heterocycles. The summed E-state index contributed by atoms with van der Waals surface area (Å²) in [6, 6.07) is 6.56. The lowest BCUT2D eigenvalue weighted by Crippen LogP contribution is -2.36. The molecule has 3 atom stereocenters. The van der Waals surface area contributed by atoms with Gasteiger partial charge in [0.1, 0.15) is 0 Å². The molecule has 4 nitrogen and oxygen atoms in total. The van der Waals surface area contributed by atoms with Crippen LogP contribution in [0.2, 0.25) is 0 Å². The molecule has 3 unspecified atom stereocenters. The third kappa shape index (κ3) is 3.44. The fourth-order valence-electron chi connectivity index (χ4n) is 2.90. The van der Waals surface area contributed by atoms with Crippen molar-refractivity contribution in [1.82, 2.24) is 5.32 Å². The molecular weight excluding hydrogens is 254 g/mol. The Morgan fingerprint density at radius 3 is 2.60 bits per heavy atom. The Morgan fingerprint density at radius 1 is 1.30 bits per heavy atom. The highest BCUT2D eigenvalue weighted by atomic mass is 16.5. The summed E-state index contributed by atoms with van der Waals surface area (Å²) in [7, 11) is 5.35. The Kier molecular flexibility index (Phi) is 5.26. The Morgan fingerprint density at radius 2 is 2.05 bits per heavy atom. The van der Waals surface area contributed by atoms with E-state index in [0.29, 0.717) is 18.1 Å². The molecule has 1 aromatic carbocycles. The van der Waals surface area contributed by atoms with E-state index in [0.717, 1.165) is 30.9 Å². The summed E-state index contributed by atoms with van der Waals surface area (Å²) in [4.78, 5) is 0. The molecule has 0 radical (unpaired) electrons. The summed E-state index contributed by atoms with van der Waals surface area (Å²) in [5, 5.41) is 3.43. The van der Waals surface area contributed by atoms with Gasteiger partial charge >= 0.3 is 0 Å². The molecule has 1 aliphatic heterocycles. The molecule has 0 amide bonds. The lowest BCUT2D eigenvalue weighted by molar-refractivity contribution is 0.117. The lowest BCUT2D eigenvalue weighted by Gasteiger charge is -2.22. The normalized spacial score (nSPS) is 23.6. The first kappa shape index (κ1) is 15.1. The number of hydrogen-bond acceptors (Lipinski definition) is 4. The second-order valence-corrected chi connectivity index (χ2v) is 5.43. The topological polar surface area (TPSA) is 39.7 Å². The molecule has 1 aromatic rings. The standard InChI is InChI=1S/C16H25NO3/c1-11-7-13(10-20-11)14(17-2)8-12-5-6-15(18-3)16(9-12)19-4/h5-6,9,11,13-14,17H,7-8,10H2,1-4H3. The van der Waals surface area contributed by atoms with Crippen LogP contribution >= 0.6 is 0 Å². The summed E-state index contributed by atoms with van der Waals surface area (Å²) in [6.45, 7) is 2.99. The predicted molar refractivity (Wildman–Crippen MR) is 79.6 cm³/mol. The molecule has 112 valence electrons. The van der Waals surface area contributed by atoms with Crippen LogP contribution in [-0.4, -0.2) is 40.0 Å². The highest BCUT2D eigenvalue weighted by molar-refractivity contribution is 5.43. The van der Waals surface area contributed by atoms with Crippen LogP contribution in [0, 0.1) is 5.92 Å². The van der Waals surface area contributed by atoms with Gasteiger partial charge in [-0.3, -0.25) is 0 Å². The van der Waals surface area contributed by atoms with Gasteiger partial charge in [-0.25, -0.2) is 0 Å². The average molecular weight is 279 g/mol. The minimum absolute atomic E-state index is 0.376. The highest BCUT2D eigenvalue weighted by Crippen LogP contribution is 2.30. The van der Waals surface area contributed by atoms with Crippen LogP contribution in [-0.2, 0) is 11.2 Å². The minimum Gasteiger partial charge on any atom is -0.493 e. The van der Waals surface area contributed by atoms with Crippen LogP contribution in [0.1, 0.15) is 18.9 Å². The van der Waals surface area contributed by atoms with Gasteiger partial charge in [-0.2, -0.15) is 0 Å². The van der Waals surface area contributed by atoms with Gasteiger partial charge in [-0.15, -0.1) is 0 Å². The van der Waals surface area contributed by atoms with Crippen LogP contribution in [0.4, 0.5) is 0 Å². The molecule has 1 heterocycles. The van der Waals surface area contributed by atoms with Crippen LogP contribution in [0.25, 0.3) is 0 Å². The minimum atomic E-state index is 0.376. The maximum absolute atomic E-state index is 5.68. The van der Waals surface area contributed by atoms with Crippen molar-refractivity contribution in [2.24, 2.45) is 5.92 Å². The summed E-state index contributed by atoms with van der Waals surface area (Å²) in [5.41, 5.74) is 1.25. The molecule has 0 spiro atoms. The van der Waals surface area contributed by atoms with Gasteiger partial charge in [0, 0.05) is 12.0 Å². The smallest absolute Gasteiger partial charge is 0.160 e. The van der Waals surface area contributed by atoms with Crippen molar-refractivity contribution in [2.45, 2.75) is 31.9 Å². The number of likely N-dealkylation sites (N-methyl/N-ethyl adjacent to an activating group) is 1. The number of hydrogen-bond donors (Lipinski definition) is 1. The largest absolute Gasteiger partial charge is 0.493 e. The van der Waals surface area contributed by atoms with Crippen LogP contribution in [0.15, 0.2) is 18.2 Å². The first-order chi connectivity index (χ1) is 9.67. The van der Waals surface area contributed by atoms with Gasteiger partial charge in [0.15, 0.2) is 11.5 Å². The summed E-state index contributed by atoms with van der Waals surface area (Å²) >= 11 is 0. The SMILES string of the molecule is CNC(Cc1ccc(OC)c(OC)c1)C1COC(C)C1. The molecule has 20 heavy (non-hydrogen) atoms. The lowest BCUT2D eigenvalue weighted by atomic mass is 9.91. The highest BCUT2D eigenvalue weighted by Gasteiger charge is 2.28.